The Morgan fingerprint density at radius 1 is 1.29 bits per heavy atom. The molecule has 0 radical (unpaired) electrons. The Bertz CT molecular complexity index is 376. The molecule has 0 saturated carbocycles. The summed E-state index contributed by atoms with van der Waals surface area (Å²) >= 11 is 0. The fourth-order valence-corrected chi connectivity index (χ4v) is 1.33. The normalized spacial score (nSPS) is 10.6. The first-order valence-electron chi connectivity index (χ1n) is 4.62. The van der Waals surface area contributed by atoms with Crippen LogP contribution in [0.15, 0.2) is 39.6 Å². The zero-order valence-corrected chi connectivity index (χ0v) is 8.12. The standard InChI is InChI=1S/C11H13NO2/c1-9-5-10(8-14-9)6-12-7-11-3-2-4-13-11/h2-5,8,12H,6-7H2,1H3. The summed E-state index contributed by atoms with van der Waals surface area (Å²) < 4.78 is 10.4. The van der Waals surface area contributed by atoms with Crippen molar-refractivity contribution in [2.75, 3.05) is 0 Å². The maximum Gasteiger partial charge on any atom is 0.117 e. The van der Waals surface area contributed by atoms with Crippen molar-refractivity contribution in [1.82, 2.24) is 5.32 Å². The predicted molar refractivity (Wildman–Crippen MR) is 52.7 cm³/mol. The van der Waals surface area contributed by atoms with E-state index in [1.807, 2.05) is 25.1 Å². The van der Waals surface area contributed by atoms with Gasteiger partial charge in [-0.2, -0.15) is 0 Å². The van der Waals surface area contributed by atoms with Gasteiger partial charge in [-0.25, -0.2) is 0 Å². The summed E-state index contributed by atoms with van der Waals surface area (Å²) in [5.41, 5.74) is 1.16. The van der Waals surface area contributed by atoms with Gasteiger partial charge in [-0.05, 0) is 25.1 Å². The fraction of sp³-hybridized carbons (Fsp3) is 0.273. The van der Waals surface area contributed by atoms with Crippen LogP contribution < -0.4 is 5.32 Å². The van der Waals surface area contributed by atoms with E-state index in [0.29, 0.717) is 0 Å². The average Bonchev–Trinajstić information content (AvgIpc) is 2.77. The summed E-state index contributed by atoms with van der Waals surface area (Å²) in [4.78, 5) is 0. The van der Waals surface area contributed by atoms with E-state index in [0.717, 1.165) is 30.2 Å². The van der Waals surface area contributed by atoms with Crippen molar-refractivity contribution in [1.29, 1.82) is 0 Å². The van der Waals surface area contributed by atoms with Crippen LogP contribution in [0.1, 0.15) is 17.1 Å². The molecule has 0 aliphatic rings. The minimum absolute atomic E-state index is 0.747. The fourth-order valence-electron chi connectivity index (χ4n) is 1.33. The summed E-state index contributed by atoms with van der Waals surface area (Å²) in [7, 11) is 0. The first-order chi connectivity index (χ1) is 6.84. The van der Waals surface area contributed by atoms with E-state index < -0.39 is 0 Å². The lowest BCUT2D eigenvalue weighted by molar-refractivity contribution is 0.481. The highest BCUT2D eigenvalue weighted by Gasteiger charge is 1.98. The highest BCUT2D eigenvalue weighted by Crippen LogP contribution is 2.06. The van der Waals surface area contributed by atoms with Crippen LogP contribution in [0.2, 0.25) is 0 Å². The average molecular weight is 191 g/mol. The summed E-state index contributed by atoms with van der Waals surface area (Å²) in [6.45, 7) is 3.49. The van der Waals surface area contributed by atoms with Gasteiger partial charge in [0.05, 0.1) is 19.1 Å². The van der Waals surface area contributed by atoms with Crippen molar-refractivity contribution >= 4 is 0 Å². The van der Waals surface area contributed by atoms with Crippen molar-refractivity contribution in [3.63, 3.8) is 0 Å². The lowest BCUT2D eigenvalue weighted by Crippen LogP contribution is -2.11. The summed E-state index contributed by atoms with van der Waals surface area (Å²) in [5.74, 6) is 1.89. The van der Waals surface area contributed by atoms with Crippen molar-refractivity contribution in [2.45, 2.75) is 20.0 Å². The molecular weight excluding hydrogens is 178 g/mol. The van der Waals surface area contributed by atoms with Gasteiger partial charge in [-0.1, -0.05) is 0 Å². The van der Waals surface area contributed by atoms with Gasteiger partial charge < -0.3 is 14.2 Å². The Morgan fingerprint density at radius 2 is 2.21 bits per heavy atom. The molecule has 0 aromatic carbocycles. The molecule has 0 atom stereocenters. The lowest BCUT2D eigenvalue weighted by Gasteiger charge is -1.98. The van der Waals surface area contributed by atoms with Gasteiger partial charge in [0.25, 0.3) is 0 Å². The highest BCUT2D eigenvalue weighted by molar-refractivity contribution is 5.11. The molecule has 2 aromatic rings. The quantitative estimate of drug-likeness (QED) is 0.806. The molecule has 3 heteroatoms. The van der Waals surface area contributed by atoms with Crippen LogP contribution in [-0.2, 0) is 13.1 Å². The van der Waals surface area contributed by atoms with E-state index in [2.05, 4.69) is 5.32 Å². The third-order valence-corrected chi connectivity index (χ3v) is 1.99. The van der Waals surface area contributed by atoms with E-state index in [9.17, 15) is 0 Å². The van der Waals surface area contributed by atoms with Gasteiger partial charge in [0.15, 0.2) is 0 Å². The number of furan rings is 2. The molecule has 3 nitrogen and oxygen atoms in total. The van der Waals surface area contributed by atoms with Crippen molar-refractivity contribution in [3.8, 4) is 0 Å². The SMILES string of the molecule is Cc1cc(CNCc2ccco2)co1. The first kappa shape index (κ1) is 9.09. The molecule has 1 N–H and O–H groups in total. The molecular formula is C11H13NO2. The van der Waals surface area contributed by atoms with Gasteiger partial charge in [0.1, 0.15) is 11.5 Å². The molecule has 2 aromatic heterocycles. The second-order valence-corrected chi connectivity index (χ2v) is 3.25. The van der Waals surface area contributed by atoms with Crippen LogP contribution in [0.5, 0.6) is 0 Å². The topological polar surface area (TPSA) is 38.3 Å². The van der Waals surface area contributed by atoms with E-state index in [1.165, 1.54) is 0 Å². The third-order valence-electron chi connectivity index (χ3n) is 1.99. The molecule has 0 aliphatic carbocycles. The number of nitrogens with one attached hydrogen (secondary N) is 1. The molecule has 0 fully saturated rings. The Kier molecular flexibility index (Phi) is 2.70. The Morgan fingerprint density at radius 3 is 2.86 bits per heavy atom. The van der Waals surface area contributed by atoms with Crippen molar-refractivity contribution in [2.24, 2.45) is 0 Å². The second-order valence-electron chi connectivity index (χ2n) is 3.25. The highest BCUT2D eigenvalue weighted by atomic mass is 16.3. The van der Waals surface area contributed by atoms with Gasteiger partial charge >= 0.3 is 0 Å². The maximum atomic E-state index is 5.19. The molecule has 0 aliphatic heterocycles. The number of hydrogen-bond acceptors (Lipinski definition) is 3. The van der Waals surface area contributed by atoms with Gasteiger partial charge in [-0.15, -0.1) is 0 Å². The summed E-state index contributed by atoms with van der Waals surface area (Å²) in [5, 5.41) is 3.26. The zero-order valence-electron chi connectivity index (χ0n) is 8.12. The number of hydrogen-bond donors (Lipinski definition) is 1. The number of rotatable bonds is 4. The maximum absolute atomic E-state index is 5.19. The van der Waals surface area contributed by atoms with Gasteiger partial charge in [0, 0.05) is 12.1 Å². The van der Waals surface area contributed by atoms with Crippen molar-refractivity contribution < 1.29 is 8.83 Å². The molecule has 0 spiro atoms. The smallest absolute Gasteiger partial charge is 0.117 e. The second kappa shape index (κ2) is 4.15. The van der Waals surface area contributed by atoms with Crippen LogP contribution in [0.25, 0.3) is 0 Å². The molecule has 14 heavy (non-hydrogen) atoms. The van der Waals surface area contributed by atoms with E-state index >= 15 is 0 Å². The van der Waals surface area contributed by atoms with E-state index in [-0.39, 0.29) is 0 Å². The molecule has 0 unspecified atom stereocenters. The number of aryl methyl sites for hydroxylation is 1. The molecule has 2 heterocycles. The van der Waals surface area contributed by atoms with Crippen LogP contribution >= 0.6 is 0 Å². The lowest BCUT2D eigenvalue weighted by atomic mass is 10.3. The Hall–Kier alpha value is -1.48. The van der Waals surface area contributed by atoms with Crippen molar-refractivity contribution in [3.05, 3.63) is 47.8 Å². The van der Waals surface area contributed by atoms with Gasteiger partial charge in [0.2, 0.25) is 0 Å². The monoisotopic (exact) mass is 191 g/mol. The Labute approximate surface area is 82.7 Å². The Balaban J connectivity index is 1.78. The largest absolute Gasteiger partial charge is 0.469 e. The molecule has 2 rings (SSSR count). The summed E-state index contributed by atoms with van der Waals surface area (Å²) in [6.07, 6.45) is 3.45. The minimum Gasteiger partial charge on any atom is -0.469 e. The summed E-state index contributed by atoms with van der Waals surface area (Å²) in [6, 6.07) is 5.86. The van der Waals surface area contributed by atoms with E-state index in [1.54, 1.807) is 12.5 Å². The van der Waals surface area contributed by atoms with Crippen LogP contribution in [0.3, 0.4) is 0 Å². The third kappa shape index (κ3) is 2.26. The molecule has 0 saturated heterocycles. The zero-order chi connectivity index (χ0) is 9.80. The van der Waals surface area contributed by atoms with E-state index in [4.69, 9.17) is 8.83 Å². The first-order valence-corrected chi connectivity index (χ1v) is 4.62. The van der Waals surface area contributed by atoms with Crippen LogP contribution in [0.4, 0.5) is 0 Å². The van der Waals surface area contributed by atoms with Gasteiger partial charge in [-0.3, -0.25) is 0 Å². The predicted octanol–water partition coefficient (Wildman–Crippen LogP) is 2.47. The minimum atomic E-state index is 0.747. The van der Waals surface area contributed by atoms with Crippen LogP contribution in [-0.4, -0.2) is 0 Å². The molecule has 0 bridgehead atoms. The van der Waals surface area contributed by atoms with Crippen LogP contribution in [0, 0.1) is 6.92 Å². The molecule has 0 amide bonds. The molecule has 74 valence electrons.